The summed E-state index contributed by atoms with van der Waals surface area (Å²) in [6.07, 6.45) is 4.65. The molecular formula is C20H22N4O. The highest BCUT2D eigenvalue weighted by atomic mass is 16.1. The monoisotopic (exact) mass is 334 g/mol. The Kier molecular flexibility index (Phi) is 5.23. The topological polar surface area (TPSA) is 59.8 Å². The van der Waals surface area contributed by atoms with Crippen molar-refractivity contribution in [2.24, 2.45) is 0 Å². The summed E-state index contributed by atoms with van der Waals surface area (Å²) in [5, 5.41) is 7.55. The lowest BCUT2D eigenvalue weighted by Gasteiger charge is -2.08. The second-order valence-corrected chi connectivity index (χ2v) is 5.94. The average molecular weight is 334 g/mol. The number of benzene rings is 1. The number of hydrogen-bond donors (Lipinski definition) is 1. The van der Waals surface area contributed by atoms with Crippen molar-refractivity contribution >= 4 is 11.7 Å². The Bertz CT molecular complexity index is 855. The Morgan fingerprint density at radius 3 is 2.64 bits per heavy atom. The molecule has 5 heteroatoms. The summed E-state index contributed by atoms with van der Waals surface area (Å²) >= 11 is 0. The molecule has 1 N–H and O–H groups in total. The van der Waals surface area contributed by atoms with E-state index in [1.165, 1.54) is 11.1 Å². The number of anilines is 1. The van der Waals surface area contributed by atoms with E-state index in [2.05, 4.69) is 34.5 Å². The van der Waals surface area contributed by atoms with Gasteiger partial charge in [0.2, 0.25) is 5.91 Å². The van der Waals surface area contributed by atoms with Crippen LogP contribution in [-0.2, 0) is 17.8 Å². The van der Waals surface area contributed by atoms with E-state index in [1.54, 1.807) is 17.1 Å². The fraction of sp³-hybridized carbons (Fsp3) is 0.250. The minimum absolute atomic E-state index is 0.000804. The molecule has 0 aliphatic carbocycles. The van der Waals surface area contributed by atoms with Crippen LogP contribution in [0.4, 0.5) is 5.82 Å². The molecule has 0 bridgehead atoms. The van der Waals surface area contributed by atoms with E-state index in [4.69, 9.17) is 0 Å². The molecule has 0 saturated heterocycles. The first-order valence-corrected chi connectivity index (χ1v) is 8.50. The lowest BCUT2D eigenvalue weighted by atomic mass is 10.0. The second-order valence-electron chi connectivity index (χ2n) is 5.94. The molecular weight excluding hydrogens is 312 g/mol. The molecule has 3 aromatic rings. The van der Waals surface area contributed by atoms with Gasteiger partial charge in [0.25, 0.3) is 0 Å². The van der Waals surface area contributed by atoms with Gasteiger partial charge in [0.05, 0.1) is 5.69 Å². The van der Waals surface area contributed by atoms with Gasteiger partial charge in [0.15, 0.2) is 0 Å². The quantitative estimate of drug-likeness (QED) is 0.745. The van der Waals surface area contributed by atoms with Gasteiger partial charge in [-0.15, -0.1) is 0 Å². The molecule has 0 saturated carbocycles. The molecule has 1 aromatic carbocycles. The summed E-state index contributed by atoms with van der Waals surface area (Å²) < 4.78 is 1.81. The van der Waals surface area contributed by atoms with Crippen LogP contribution in [0.1, 0.15) is 24.5 Å². The van der Waals surface area contributed by atoms with E-state index in [1.807, 2.05) is 37.3 Å². The maximum atomic E-state index is 12.3. The van der Waals surface area contributed by atoms with Gasteiger partial charge in [-0.2, -0.15) is 5.10 Å². The van der Waals surface area contributed by atoms with Crippen molar-refractivity contribution in [1.29, 1.82) is 0 Å². The second kappa shape index (κ2) is 7.75. The van der Waals surface area contributed by atoms with Crippen LogP contribution < -0.4 is 5.32 Å². The molecule has 128 valence electrons. The number of nitrogens with one attached hydrogen (secondary N) is 1. The molecule has 0 aliphatic rings. The number of aryl methyl sites for hydroxylation is 3. The zero-order valence-corrected chi connectivity index (χ0v) is 14.6. The number of amides is 1. The highest BCUT2D eigenvalue weighted by Crippen LogP contribution is 2.21. The first kappa shape index (κ1) is 16.9. The van der Waals surface area contributed by atoms with Crippen LogP contribution in [0.3, 0.4) is 0 Å². The Hall–Kier alpha value is -2.95. The Morgan fingerprint density at radius 2 is 1.92 bits per heavy atom. The number of aromatic nitrogens is 3. The Balaban J connectivity index is 1.69. The third-order valence-electron chi connectivity index (χ3n) is 4.21. The summed E-state index contributed by atoms with van der Waals surface area (Å²) in [4.78, 5) is 16.4. The van der Waals surface area contributed by atoms with Gasteiger partial charge in [0, 0.05) is 37.0 Å². The first-order valence-electron chi connectivity index (χ1n) is 8.50. The molecule has 2 heterocycles. The van der Waals surface area contributed by atoms with E-state index in [0.29, 0.717) is 13.0 Å². The fourth-order valence-corrected chi connectivity index (χ4v) is 2.77. The maximum absolute atomic E-state index is 12.3. The third-order valence-corrected chi connectivity index (χ3v) is 4.21. The Morgan fingerprint density at radius 1 is 1.16 bits per heavy atom. The lowest BCUT2D eigenvalue weighted by Crippen LogP contribution is -2.15. The molecule has 3 rings (SSSR count). The summed E-state index contributed by atoms with van der Waals surface area (Å²) in [6.45, 7) is 4.77. The van der Waals surface area contributed by atoms with Gasteiger partial charge < -0.3 is 5.32 Å². The van der Waals surface area contributed by atoms with Gasteiger partial charge in [0.1, 0.15) is 5.82 Å². The predicted octanol–water partition coefficient (Wildman–Crippen LogP) is 3.84. The lowest BCUT2D eigenvalue weighted by molar-refractivity contribution is -0.116. The van der Waals surface area contributed by atoms with Crippen LogP contribution in [0, 0.1) is 6.92 Å². The molecule has 0 atom stereocenters. The van der Waals surface area contributed by atoms with Crippen LogP contribution in [-0.4, -0.2) is 20.7 Å². The number of nitrogens with zero attached hydrogens (tertiary/aromatic N) is 3. The number of carbonyl (C=O) groups excluding carboxylic acids is 1. The molecule has 0 spiro atoms. The van der Waals surface area contributed by atoms with E-state index in [9.17, 15) is 4.79 Å². The van der Waals surface area contributed by atoms with Crippen molar-refractivity contribution in [3.05, 3.63) is 66.0 Å². The molecule has 2 aromatic heterocycles. The van der Waals surface area contributed by atoms with Crippen LogP contribution in [0.2, 0.25) is 0 Å². The fourth-order valence-electron chi connectivity index (χ4n) is 2.77. The average Bonchev–Trinajstić information content (AvgIpc) is 3.04. The smallest absolute Gasteiger partial charge is 0.225 e. The van der Waals surface area contributed by atoms with Gasteiger partial charge in [-0.3, -0.25) is 9.78 Å². The van der Waals surface area contributed by atoms with E-state index in [-0.39, 0.29) is 5.91 Å². The summed E-state index contributed by atoms with van der Waals surface area (Å²) in [5.74, 6) is 0.725. The summed E-state index contributed by atoms with van der Waals surface area (Å²) in [6, 6.07) is 13.9. The molecule has 5 nitrogen and oxygen atoms in total. The standard InChI is InChI=1S/C20H22N4O/c1-3-24-19(14-18(23-24)17-10-12-21-13-11-17)22-20(25)9-8-16-7-5-4-6-15(16)2/h4-7,10-14H,3,8-9H2,1-2H3,(H,22,25). The van der Waals surface area contributed by atoms with Gasteiger partial charge in [-0.1, -0.05) is 24.3 Å². The molecule has 0 radical (unpaired) electrons. The summed E-state index contributed by atoms with van der Waals surface area (Å²) in [5.41, 5.74) is 4.24. The predicted molar refractivity (Wildman–Crippen MR) is 99.3 cm³/mol. The first-order chi connectivity index (χ1) is 12.2. The molecule has 25 heavy (non-hydrogen) atoms. The minimum atomic E-state index is -0.000804. The number of carbonyl (C=O) groups is 1. The largest absolute Gasteiger partial charge is 0.311 e. The van der Waals surface area contributed by atoms with Crippen LogP contribution in [0.25, 0.3) is 11.3 Å². The van der Waals surface area contributed by atoms with Gasteiger partial charge in [-0.05, 0) is 43.5 Å². The number of rotatable bonds is 6. The van der Waals surface area contributed by atoms with Crippen LogP contribution in [0.15, 0.2) is 54.9 Å². The van der Waals surface area contributed by atoms with Crippen molar-refractivity contribution in [2.75, 3.05) is 5.32 Å². The van der Waals surface area contributed by atoms with Crippen molar-refractivity contribution in [1.82, 2.24) is 14.8 Å². The van der Waals surface area contributed by atoms with Crippen molar-refractivity contribution in [3.8, 4) is 11.3 Å². The number of hydrogen-bond acceptors (Lipinski definition) is 3. The van der Waals surface area contributed by atoms with E-state index < -0.39 is 0 Å². The number of pyridine rings is 1. The molecule has 0 fully saturated rings. The van der Waals surface area contributed by atoms with Crippen LogP contribution >= 0.6 is 0 Å². The maximum Gasteiger partial charge on any atom is 0.225 e. The van der Waals surface area contributed by atoms with Gasteiger partial charge in [-0.25, -0.2) is 4.68 Å². The highest BCUT2D eigenvalue weighted by Gasteiger charge is 2.12. The molecule has 0 aliphatic heterocycles. The zero-order valence-electron chi connectivity index (χ0n) is 14.6. The van der Waals surface area contributed by atoms with Crippen molar-refractivity contribution < 1.29 is 4.79 Å². The minimum Gasteiger partial charge on any atom is -0.311 e. The summed E-state index contributed by atoms with van der Waals surface area (Å²) in [7, 11) is 0. The highest BCUT2D eigenvalue weighted by molar-refractivity contribution is 5.90. The van der Waals surface area contributed by atoms with Gasteiger partial charge >= 0.3 is 0 Å². The third kappa shape index (κ3) is 4.12. The van der Waals surface area contributed by atoms with E-state index in [0.717, 1.165) is 23.5 Å². The zero-order chi connectivity index (χ0) is 17.6. The molecule has 1 amide bonds. The molecule has 0 unspecified atom stereocenters. The van der Waals surface area contributed by atoms with Crippen molar-refractivity contribution in [3.63, 3.8) is 0 Å². The normalized spacial score (nSPS) is 10.6. The van der Waals surface area contributed by atoms with Crippen LogP contribution in [0.5, 0.6) is 0 Å². The van der Waals surface area contributed by atoms with E-state index >= 15 is 0 Å². The van der Waals surface area contributed by atoms with Crippen molar-refractivity contribution in [2.45, 2.75) is 33.2 Å². The SMILES string of the molecule is CCn1nc(-c2ccncc2)cc1NC(=O)CCc1ccccc1C. The Labute approximate surface area is 147 Å².